The van der Waals surface area contributed by atoms with E-state index in [2.05, 4.69) is 0 Å². The number of fused-ring (bicyclic) bond motifs is 1. The molecule has 2 aliphatic heterocycles. The Balaban J connectivity index is 1.71. The molecule has 0 aromatic rings. The van der Waals surface area contributed by atoms with Crippen LogP contribution in [-0.4, -0.2) is 60.4 Å². The third-order valence-electron chi connectivity index (χ3n) is 4.34. The maximum atomic E-state index is 9.75. The van der Waals surface area contributed by atoms with Gasteiger partial charge in [-0.2, -0.15) is 0 Å². The second-order valence-corrected chi connectivity index (χ2v) is 5.59. The summed E-state index contributed by atoms with van der Waals surface area (Å²) in [6.07, 6.45) is 2.34. The Kier molecular flexibility index (Phi) is 3.81. The Morgan fingerprint density at radius 1 is 1.26 bits per heavy atom. The molecule has 2 saturated heterocycles. The van der Waals surface area contributed by atoms with Crippen LogP contribution in [-0.2, 0) is 18.9 Å². The lowest BCUT2D eigenvalue weighted by Gasteiger charge is -2.34. The van der Waals surface area contributed by atoms with E-state index in [4.69, 9.17) is 24.1 Å². The summed E-state index contributed by atoms with van der Waals surface area (Å²) in [5.74, 6) is -0.528. The highest BCUT2D eigenvalue weighted by atomic mass is 16.8. The van der Waals surface area contributed by atoms with E-state index in [1.54, 1.807) is 7.11 Å². The van der Waals surface area contributed by atoms with Crippen molar-refractivity contribution in [3.05, 3.63) is 0 Å². The van der Waals surface area contributed by atoms with Crippen molar-refractivity contribution >= 4 is 0 Å². The van der Waals surface area contributed by atoms with Gasteiger partial charge in [0.25, 0.3) is 0 Å². The largest absolute Gasteiger partial charge is 0.394 e. The molecule has 3 fully saturated rings. The van der Waals surface area contributed by atoms with Gasteiger partial charge in [-0.05, 0) is 12.8 Å². The fraction of sp³-hybridized carbons (Fsp3) is 1.00. The molecule has 0 bridgehead atoms. The first-order valence-electron chi connectivity index (χ1n) is 7.02. The quantitative estimate of drug-likeness (QED) is 0.763. The summed E-state index contributed by atoms with van der Waals surface area (Å²) in [6.45, 7) is -0.366. The van der Waals surface area contributed by atoms with Gasteiger partial charge in [-0.3, -0.25) is 0 Å². The molecule has 0 aromatic heterocycles. The molecule has 2 heterocycles. The van der Waals surface area contributed by atoms with Gasteiger partial charge >= 0.3 is 0 Å². The third-order valence-corrected chi connectivity index (χ3v) is 4.34. The fourth-order valence-electron chi connectivity index (χ4n) is 3.36. The van der Waals surface area contributed by atoms with Gasteiger partial charge in [0, 0.05) is 20.0 Å². The lowest BCUT2D eigenvalue weighted by Crippen LogP contribution is -2.44. The summed E-state index contributed by atoms with van der Waals surface area (Å²) in [5, 5.41) is 18.8. The molecule has 110 valence electrons. The number of ether oxygens (including phenoxy) is 4. The summed E-state index contributed by atoms with van der Waals surface area (Å²) in [5.41, 5.74) is 0. The van der Waals surface area contributed by atoms with E-state index in [0.29, 0.717) is 0 Å². The Hall–Kier alpha value is -0.240. The van der Waals surface area contributed by atoms with Crippen molar-refractivity contribution in [2.45, 2.75) is 68.6 Å². The van der Waals surface area contributed by atoms with Gasteiger partial charge in [0.15, 0.2) is 12.1 Å². The van der Waals surface area contributed by atoms with Crippen molar-refractivity contribution < 1.29 is 29.2 Å². The predicted molar refractivity (Wildman–Crippen MR) is 64.3 cm³/mol. The first-order chi connectivity index (χ1) is 9.19. The standard InChI is InChI=1S/C13H22O6/c1-16-10-9(8(15)7-14)17-12-11(10)18-13(19-12)5-3-2-4-6-13/h8-12,14-15H,2-7H2,1H3/t8-,9+,10-,11+,12-/m1/s1. The van der Waals surface area contributed by atoms with Gasteiger partial charge in [-0.15, -0.1) is 0 Å². The van der Waals surface area contributed by atoms with E-state index < -0.39 is 30.4 Å². The van der Waals surface area contributed by atoms with Gasteiger partial charge in [0.2, 0.25) is 0 Å². The van der Waals surface area contributed by atoms with Crippen LogP contribution in [0.25, 0.3) is 0 Å². The minimum Gasteiger partial charge on any atom is -0.394 e. The normalized spacial score (nSPS) is 42.5. The first-order valence-corrected chi connectivity index (χ1v) is 7.02. The lowest BCUT2D eigenvalue weighted by molar-refractivity contribution is -0.255. The second-order valence-electron chi connectivity index (χ2n) is 5.59. The summed E-state index contributed by atoms with van der Waals surface area (Å²) < 4.78 is 23.1. The zero-order chi connectivity index (χ0) is 13.5. The first kappa shape index (κ1) is 13.7. The topological polar surface area (TPSA) is 77.4 Å². The van der Waals surface area contributed by atoms with Crippen LogP contribution in [0.15, 0.2) is 0 Å². The number of aliphatic hydroxyl groups is 2. The number of hydrogen-bond acceptors (Lipinski definition) is 6. The highest BCUT2D eigenvalue weighted by Gasteiger charge is 2.59. The average molecular weight is 274 g/mol. The van der Waals surface area contributed by atoms with Crippen LogP contribution in [0.5, 0.6) is 0 Å². The molecule has 0 unspecified atom stereocenters. The van der Waals surface area contributed by atoms with Crippen LogP contribution in [0.1, 0.15) is 32.1 Å². The Labute approximate surface area is 112 Å². The molecule has 3 aliphatic rings. The van der Waals surface area contributed by atoms with Crippen LogP contribution in [0.3, 0.4) is 0 Å². The van der Waals surface area contributed by atoms with Crippen LogP contribution < -0.4 is 0 Å². The minimum absolute atomic E-state index is 0.325. The molecular weight excluding hydrogens is 252 g/mol. The van der Waals surface area contributed by atoms with E-state index in [0.717, 1.165) is 25.7 Å². The molecule has 6 nitrogen and oxygen atoms in total. The monoisotopic (exact) mass is 274 g/mol. The molecule has 0 radical (unpaired) electrons. The molecule has 2 N–H and O–H groups in total. The Bertz CT molecular complexity index is 316. The molecule has 6 heteroatoms. The van der Waals surface area contributed by atoms with Crippen molar-refractivity contribution in [3.8, 4) is 0 Å². The van der Waals surface area contributed by atoms with E-state index in [1.165, 1.54) is 6.42 Å². The molecule has 1 spiro atoms. The molecule has 0 amide bonds. The van der Waals surface area contributed by atoms with Gasteiger partial charge in [0.1, 0.15) is 24.4 Å². The SMILES string of the molecule is CO[C@H]1[C@@H]2OC3(CCCCC3)O[C@H]2O[C@H]1[C@H](O)CO. The second kappa shape index (κ2) is 5.27. The van der Waals surface area contributed by atoms with Crippen LogP contribution >= 0.6 is 0 Å². The summed E-state index contributed by atoms with van der Waals surface area (Å²) in [6, 6.07) is 0. The van der Waals surface area contributed by atoms with E-state index >= 15 is 0 Å². The van der Waals surface area contributed by atoms with Crippen LogP contribution in [0.2, 0.25) is 0 Å². The number of aliphatic hydroxyl groups excluding tert-OH is 2. The van der Waals surface area contributed by atoms with Crippen molar-refractivity contribution in [2.24, 2.45) is 0 Å². The lowest BCUT2D eigenvalue weighted by atomic mass is 9.94. The van der Waals surface area contributed by atoms with Gasteiger partial charge in [-0.25, -0.2) is 0 Å². The fourth-order valence-corrected chi connectivity index (χ4v) is 3.36. The number of rotatable bonds is 3. The van der Waals surface area contributed by atoms with E-state index in [1.807, 2.05) is 0 Å². The maximum Gasteiger partial charge on any atom is 0.190 e. The number of methoxy groups -OCH3 is 1. The van der Waals surface area contributed by atoms with Crippen molar-refractivity contribution in [3.63, 3.8) is 0 Å². The third kappa shape index (κ3) is 2.30. The summed E-state index contributed by atoms with van der Waals surface area (Å²) >= 11 is 0. The summed E-state index contributed by atoms with van der Waals surface area (Å²) in [7, 11) is 1.56. The number of hydrogen-bond donors (Lipinski definition) is 2. The predicted octanol–water partition coefficient (Wildman–Crippen LogP) is 0.155. The van der Waals surface area contributed by atoms with E-state index in [9.17, 15) is 5.11 Å². The smallest absolute Gasteiger partial charge is 0.190 e. The van der Waals surface area contributed by atoms with Crippen molar-refractivity contribution in [1.29, 1.82) is 0 Å². The minimum atomic E-state index is -0.981. The highest BCUT2D eigenvalue weighted by molar-refractivity contribution is 4.98. The maximum absolute atomic E-state index is 9.75. The van der Waals surface area contributed by atoms with Gasteiger partial charge in [-0.1, -0.05) is 6.42 Å². The zero-order valence-corrected chi connectivity index (χ0v) is 11.2. The van der Waals surface area contributed by atoms with Crippen LogP contribution in [0.4, 0.5) is 0 Å². The van der Waals surface area contributed by atoms with Gasteiger partial charge < -0.3 is 29.2 Å². The van der Waals surface area contributed by atoms with Crippen LogP contribution in [0, 0.1) is 0 Å². The summed E-state index contributed by atoms with van der Waals surface area (Å²) in [4.78, 5) is 0. The Morgan fingerprint density at radius 2 is 2.00 bits per heavy atom. The molecule has 3 rings (SSSR count). The molecular formula is C13H22O6. The zero-order valence-electron chi connectivity index (χ0n) is 11.2. The molecule has 5 atom stereocenters. The van der Waals surface area contributed by atoms with Gasteiger partial charge in [0.05, 0.1) is 6.61 Å². The average Bonchev–Trinajstić information content (AvgIpc) is 2.92. The molecule has 1 aliphatic carbocycles. The molecule has 1 saturated carbocycles. The van der Waals surface area contributed by atoms with Crippen molar-refractivity contribution in [2.75, 3.05) is 13.7 Å². The Morgan fingerprint density at radius 3 is 2.63 bits per heavy atom. The van der Waals surface area contributed by atoms with E-state index in [-0.39, 0.29) is 12.7 Å². The molecule has 0 aromatic carbocycles. The highest BCUT2D eigenvalue weighted by Crippen LogP contribution is 2.45. The molecule has 19 heavy (non-hydrogen) atoms. The van der Waals surface area contributed by atoms with Crippen molar-refractivity contribution in [1.82, 2.24) is 0 Å².